The summed E-state index contributed by atoms with van der Waals surface area (Å²) < 4.78 is 0. The molecule has 2 aliphatic heterocycles. The third kappa shape index (κ3) is 1.62. The van der Waals surface area contributed by atoms with Crippen LogP contribution in [0.5, 0.6) is 0 Å². The largest absolute Gasteiger partial charge is 0.311 e. The molecule has 1 saturated heterocycles. The van der Waals surface area contributed by atoms with E-state index in [0.717, 1.165) is 19.4 Å². The van der Waals surface area contributed by atoms with Crippen molar-refractivity contribution in [2.45, 2.75) is 50.6 Å². The molecule has 1 atom stereocenters. The Kier molecular flexibility index (Phi) is 2.36. The fourth-order valence-corrected chi connectivity index (χ4v) is 3.29. The number of amides is 2. The number of nitrogens with zero attached hydrogens (tertiary/aromatic N) is 1. The van der Waals surface area contributed by atoms with E-state index in [0.29, 0.717) is 5.57 Å². The van der Waals surface area contributed by atoms with Gasteiger partial charge in [0.15, 0.2) is 0 Å². The van der Waals surface area contributed by atoms with E-state index >= 15 is 0 Å². The average Bonchev–Trinajstić information content (AvgIpc) is 2.51. The van der Waals surface area contributed by atoms with Crippen molar-refractivity contribution in [1.82, 2.24) is 10.2 Å². The Balaban J connectivity index is 1.76. The highest BCUT2D eigenvalue weighted by atomic mass is 16.2. The minimum atomic E-state index is -0.117. The first-order valence-electron chi connectivity index (χ1n) is 6.42. The zero-order chi connectivity index (χ0) is 12.0. The molecule has 0 radical (unpaired) electrons. The van der Waals surface area contributed by atoms with Gasteiger partial charge in [-0.05, 0) is 45.6 Å². The Labute approximate surface area is 101 Å². The SMILES string of the molecule is CC1=CC(=O)N(C2CCNC3(CCC3)C2)C1=O. The molecule has 0 bridgehead atoms. The molecule has 3 aliphatic rings. The topological polar surface area (TPSA) is 49.4 Å². The predicted octanol–water partition coefficient (Wildman–Crippen LogP) is 0.976. The standard InChI is InChI=1S/C13H18N2O2/c1-9-7-11(16)15(12(9)17)10-3-6-14-13(8-10)4-2-5-13/h7,10,14H,2-6,8H2,1H3. The van der Waals surface area contributed by atoms with Crippen LogP contribution in [0.4, 0.5) is 0 Å². The van der Waals surface area contributed by atoms with Crippen LogP contribution in [-0.4, -0.2) is 34.8 Å². The summed E-state index contributed by atoms with van der Waals surface area (Å²) in [6.07, 6.45) is 6.93. The molecule has 2 fully saturated rings. The zero-order valence-electron chi connectivity index (χ0n) is 10.2. The van der Waals surface area contributed by atoms with Crippen molar-refractivity contribution in [2.75, 3.05) is 6.54 Å². The van der Waals surface area contributed by atoms with Gasteiger partial charge in [-0.15, -0.1) is 0 Å². The number of rotatable bonds is 1. The zero-order valence-corrected chi connectivity index (χ0v) is 10.2. The fraction of sp³-hybridized carbons (Fsp3) is 0.692. The van der Waals surface area contributed by atoms with Crippen LogP contribution in [0.15, 0.2) is 11.6 Å². The molecule has 0 aromatic rings. The highest BCUT2D eigenvalue weighted by Crippen LogP contribution is 2.40. The second-order valence-corrected chi connectivity index (χ2v) is 5.55. The van der Waals surface area contributed by atoms with Gasteiger partial charge in [0.1, 0.15) is 0 Å². The molecular weight excluding hydrogens is 216 g/mol. The van der Waals surface area contributed by atoms with E-state index < -0.39 is 0 Å². The van der Waals surface area contributed by atoms with Crippen LogP contribution in [0.2, 0.25) is 0 Å². The number of imide groups is 1. The van der Waals surface area contributed by atoms with Crippen molar-refractivity contribution >= 4 is 11.8 Å². The van der Waals surface area contributed by atoms with Crippen LogP contribution in [-0.2, 0) is 9.59 Å². The fourth-order valence-electron chi connectivity index (χ4n) is 3.29. The Morgan fingerprint density at radius 3 is 2.71 bits per heavy atom. The van der Waals surface area contributed by atoms with Crippen molar-refractivity contribution in [3.8, 4) is 0 Å². The first-order chi connectivity index (χ1) is 8.11. The van der Waals surface area contributed by atoms with E-state index in [1.54, 1.807) is 6.92 Å². The summed E-state index contributed by atoms with van der Waals surface area (Å²) in [5.41, 5.74) is 0.802. The molecule has 1 N–H and O–H groups in total. The molecule has 4 nitrogen and oxygen atoms in total. The Bertz CT molecular complexity index is 410. The van der Waals surface area contributed by atoms with Gasteiger partial charge >= 0.3 is 0 Å². The lowest BCUT2D eigenvalue weighted by Gasteiger charge is -2.49. The van der Waals surface area contributed by atoms with E-state index in [2.05, 4.69) is 5.32 Å². The highest BCUT2D eigenvalue weighted by molar-refractivity contribution is 6.16. The summed E-state index contributed by atoms with van der Waals surface area (Å²) in [4.78, 5) is 25.3. The monoisotopic (exact) mass is 234 g/mol. The predicted molar refractivity (Wildman–Crippen MR) is 63.2 cm³/mol. The summed E-state index contributed by atoms with van der Waals surface area (Å²) in [6.45, 7) is 2.64. The van der Waals surface area contributed by atoms with E-state index in [1.165, 1.54) is 30.2 Å². The molecule has 1 saturated carbocycles. The van der Waals surface area contributed by atoms with Crippen LogP contribution in [0, 0.1) is 0 Å². The number of carbonyl (C=O) groups is 2. The maximum atomic E-state index is 11.9. The van der Waals surface area contributed by atoms with Crippen LogP contribution >= 0.6 is 0 Å². The number of hydrogen-bond acceptors (Lipinski definition) is 3. The summed E-state index contributed by atoms with van der Waals surface area (Å²) in [5, 5.41) is 3.56. The van der Waals surface area contributed by atoms with Crippen molar-refractivity contribution in [3.63, 3.8) is 0 Å². The molecular formula is C13H18N2O2. The van der Waals surface area contributed by atoms with Crippen LogP contribution in [0.1, 0.15) is 39.0 Å². The number of piperidine rings is 1. The van der Waals surface area contributed by atoms with E-state index in [-0.39, 0.29) is 23.4 Å². The van der Waals surface area contributed by atoms with Gasteiger partial charge in [0.25, 0.3) is 11.8 Å². The first-order valence-corrected chi connectivity index (χ1v) is 6.42. The van der Waals surface area contributed by atoms with Crippen molar-refractivity contribution < 1.29 is 9.59 Å². The Morgan fingerprint density at radius 2 is 2.18 bits per heavy atom. The van der Waals surface area contributed by atoms with Gasteiger partial charge in [-0.3, -0.25) is 14.5 Å². The lowest BCUT2D eigenvalue weighted by atomic mass is 9.70. The third-order valence-electron chi connectivity index (χ3n) is 4.41. The van der Waals surface area contributed by atoms with Crippen molar-refractivity contribution in [1.29, 1.82) is 0 Å². The van der Waals surface area contributed by atoms with Crippen molar-refractivity contribution in [3.05, 3.63) is 11.6 Å². The van der Waals surface area contributed by atoms with E-state index in [1.807, 2.05) is 0 Å². The maximum Gasteiger partial charge on any atom is 0.256 e. The van der Waals surface area contributed by atoms with Gasteiger partial charge in [0.05, 0.1) is 0 Å². The Morgan fingerprint density at radius 1 is 1.41 bits per heavy atom. The van der Waals surface area contributed by atoms with Gasteiger partial charge in [-0.2, -0.15) is 0 Å². The molecule has 1 spiro atoms. The second kappa shape index (κ2) is 3.67. The normalized spacial score (nSPS) is 31.7. The number of hydrogen-bond donors (Lipinski definition) is 1. The van der Waals surface area contributed by atoms with Gasteiger partial charge in [-0.1, -0.05) is 0 Å². The summed E-state index contributed by atoms with van der Waals surface area (Å²) in [7, 11) is 0. The molecule has 1 aliphatic carbocycles. The minimum Gasteiger partial charge on any atom is -0.311 e. The first kappa shape index (κ1) is 11.0. The average molecular weight is 234 g/mol. The van der Waals surface area contributed by atoms with E-state index in [4.69, 9.17) is 0 Å². The molecule has 1 unspecified atom stereocenters. The molecule has 92 valence electrons. The van der Waals surface area contributed by atoms with Crippen molar-refractivity contribution in [2.24, 2.45) is 0 Å². The van der Waals surface area contributed by atoms with Gasteiger partial charge in [0.2, 0.25) is 0 Å². The van der Waals surface area contributed by atoms with Gasteiger partial charge < -0.3 is 5.32 Å². The summed E-state index contributed by atoms with van der Waals surface area (Å²) in [5.74, 6) is -0.203. The lowest BCUT2D eigenvalue weighted by molar-refractivity contribution is -0.141. The third-order valence-corrected chi connectivity index (χ3v) is 4.41. The summed E-state index contributed by atoms with van der Waals surface area (Å²) in [6, 6.07) is 0.102. The van der Waals surface area contributed by atoms with Crippen LogP contribution < -0.4 is 5.32 Å². The van der Waals surface area contributed by atoms with Gasteiger partial charge in [0, 0.05) is 23.2 Å². The Hall–Kier alpha value is -1.16. The number of carbonyl (C=O) groups excluding carboxylic acids is 2. The molecule has 4 heteroatoms. The summed E-state index contributed by atoms with van der Waals surface area (Å²) >= 11 is 0. The van der Waals surface area contributed by atoms with Crippen LogP contribution in [0.3, 0.4) is 0 Å². The molecule has 0 aromatic carbocycles. The molecule has 2 amide bonds. The molecule has 3 rings (SSSR count). The molecule has 0 aromatic heterocycles. The second-order valence-electron chi connectivity index (χ2n) is 5.55. The van der Waals surface area contributed by atoms with Crippen LogP contribution in [0.25, 0.3) is 0 Å². The van der Waals surface area contributed by atoms with E-state index in [9.17, 15) is 9.59 Å². The molecule has 17 heavy (non-hydrogen) atoms. The lowest BCUT2D eigenvalue weighted by Crippen LogP contribution is -2.60. The maximum absolute atomic E-state index is 11.9. The smallest absolute Gasteiger partial charge is 0.256 e. The highest BCUT2D eigenvalue weighted by Gasteiger charge is 2.45. The van der Waals surface area contributed by atoms with Gasteiger partial charge in [-0.25, -0.2) is 0 Å². The minimum absolute atomic E-state index is 0.0867. The molecule has 2 heterocycles. The quantitative estimate of drug-likeness (QED) is 0.688. The number of nitrogens with one attached hydrogen (secondary N) is 1.